The molecule has 106 valence electrons. The summed E-state index contributed by atoms with van der Waals surface area (Å²) in [5.74, 6) is 0.402. The van der Waals surface area contributed by atoms with Crippen molar-refractivity contribution in [1.29, 1.82) is 0 Å². The summed E-state index contributed by atoms with van der Waals surface area (Å²) in [6.45, 7) is 1.79. The summed E-state index contributed by atoms with van der Waals surface area (Å²) in [4.78, 5) is 4.21. The van der Waals surface area contributed by atoms with Crippen molar-refractivity contribution in [1.82, 2.24) is 10.1 Å². The average molecular weight is 284 g/mol. The molecule has 0 bridgehead atoms. The average Bonchev–Trinajstić information content (AvgIpc) is 2.93. The van der Waals surface area contributed by atoms with E-state index in [9.17, 15) is 9.50 Å². The first-order valence-electron chi connectivity index (χ1n) is 6.50. The predicted octanol–water partition coefficient (Wildman–Crippen LogP) is 3.48. The molecule has 5 heteroatoms. The quantitative estimate of drug-likeness (QED) is 0.800. The van der Waals surface area contributed by atoms with Crippen LogP contribution in [0.25, 0.3) is 11.5 Å². The van der Waals surface area contributed by atoms with Crippen LogP contribution in [0.2, 0.25) is 0 Å². The van der Waals surface area contributed by atoms with Crippen LogP contribution in [0.5, 0.6) is 5.75 Å². The molecule has 0 atom stereocenters. The normalized spacial score (nSPS) is 10.8. The van der Waals surface area contributed by atoms with Crippen molar-refractivity contribution in [3.05, 3.63) is 65.2 Å². The molecule has 1 heterocycles. The molecule has 0 amide bonds. The molecule has 2 aromatic carbocycles. The Hall–Kier alpha value is -2.69. The second-order valence-electron chi connectivity index (χ2n) is 4.76. The minimum absolute atomic E-state index is 0.110. The van der Waals surface area contributed by atoms with Crippen LogP contribution in [0.3, 0.4) is 0 Å². The van der Waals surface area contributed by atoms with Gasteiger partial charge in [0.1, 0.15) is 11.6 Å². The third-order valence-corrected chi connectivity index (χ3v) is 3.24. The van der Waals surface area contributed by atoms with Crippen molar-refractivity contribution in [2.75, 3.05) is 0 Å². The molecule has 0 aliphatic heterocycles. The van der Waals surface area contributed by atoms with Gasteiger partial charge in [0.15, 0.2) is 5.82 Å². The van der Waals surface area contributed by atoms with Crippen molar-refractivity contribution in [2.24, 2.45) is 0 Å². The zero-order valence-corrected chi connectivity index (χ0v) is 11.4. The molecule has 0 fully saturated rings. The summed E-state index contributed by atoms with van der Waals surface area (Å²) in [6, 6.07) is 11.7. The molecule has 0 aliphatic rings. The van der Waals surface area contributed by atoms with Gasteiger partial charge in [-0.25, -0.2) is 4.39 Å². The zero-order valence-electron chi connectivity index (χ0n) is 11.4. The van der Waals surface area contributed by atoms with E-state index < -0.39 is 0 Å². The summed E-state index contributed by atoms with van der Waals surface area (Å²) >= 11 is 0. The minimum atomic E-state index is -0.303. The molecular formula is C16H13FN2O2. The van der Waals surface area contributed by atoms with Crippen LogP contribution in [-0.2, 0) is 6.42 Å². The Balaban J connectivity index is 1.90. The van der Waals surface area contributed by atoms with Crippen LogP contribution in [0.1, 0.15) is 17.0 Å². The van der Waals surface area contributed by atoms with Gasteiger partial charge in [-0.05, 0) is 30.2 Å². The first-order chi connectivity index (χ1) is 10.1. The van der Waals surface area contributed by atoms with Gasteiger partial charge in [-0.2, -0.15) is 4.98 Å². The van der Waals surface area contributed by atoms with Crippen molar-refractivity contribution in [2.45, 2.75) is 13.3 Å². The third-order valence-electron chi connectivity index (χ3n) is 3.24. The van der Waals surface area contributed by atoms with Crippen LogP contribution in [0.15, 0.2) is 47.0 Å². The molecule has 0 spiro atoms. The van der Waals surface area contributed by atoms with Crippen molar-refractivity contribution in [3.63, 3.8) is 0 Å². The van der Waals surface area contributed by atoms with E-state index in [0.717, 1.165) is 5.56 Å². The van der Waals surface area contributed by atoms with Gasteiger partial charge >= 0.3 is 0 Å². The topological polar surface area (TPSA) is 59.2 Å². The number of aromatic hydroxyl groups is 1. The van der Waals surface area contributed by atoms with E-state index in [2.05, 4.69) is 10.1 Å². The number of hydrogen-bond donors (Lipinski definition) is 1. The van der Waals surface area contributed by atoms with Crippen LogP contribution in [-0.4, -0.2) is 15.2 Å². The van der Waals surface area contributed by atoms with Crippen LogP contribution < -0.4 is 0 Å². The molecule has 0 unspecified atom stereocenters. The maximum atomic E-state index is 13.6. The summed E-state index contributed by atoms with van der Waals surface area (Å²) < 4.78 is 18.8. The summed E-state index contributed by atoms with van der Waals surface area (Å²) in [6.07, 6.45) is 0.239. The standard InChI is InChI=1S/C16H13FN2O2/c1-10-5-4-7-12(15(10)20)16-18-14(19-21-16)9-11-6-2-3-8-13(11)17/h2-8,20H,9H2,1H3. The number of phenols is 1. The van der Waals surface area contributed by atoms with Gasteiger partial charge in [-0.15, -0.1) is 0 Å². The van der Waals surface area contributed by atoms with Gasteiger partial charge in [0.05, 0.1) is 5.56 Å². The molecular weight excluding hydrogens is 271 g/mol. The highest BCUT2D eigenvalue weighted by Crippen LogP contribution is 2.30. The van der Waals surface area contributed by atoms with Crippen LogP contribution >= 0.6 is 0 Å². The maximum Gasteiger partial charge on any atom is 0.261 e. The van der Waals surface area contributed by atoms with E-state index in [-0.39, 0.29) is 23.9 Å². The van der Waals surface area contributed by atoms with E-state index in [1.807, 2.05) is 0 Å². The van der Waals surface area contributed by atoms with Gasteiger partial charge in [0.25, 0.3) is 5.89 Å². The van der Waals surface area contributed by atoms with Gasteiger partial charge in [-0.3, -0.25) is 0 Å². The Kier molecular flexibility index (Phi) is 3.39. The zero-order chi connectivity index (χ0) is 14.8. The van der Waals surface area contributed by atoms with Gasteiger partial charge in [0, 0.05) is 6.42 Å². The van der Waals surface area contributed by atoms with Crippen molar-refractivity contribution >= 4 is 0 Å². The first-order valence-corrected chi connectivity index (χ1v) is 6.50. The van der Waals surface area contributed by atoms with Crippen molar-refractivity contribution in [3.8, 4) is 17.2 Å². The molecule has 0 saturated carbocycles. The molecule has 1 aromatic heterocycles. The number of benzene rings is 2. The van der Waals surface area contributed by atoms with Crippen LogP contribution in [0.4, 0.5) is 4.39 Å². The molecule has 3 aromatic rings. The number of halogens is 1. The molecule has 0 aliphatic carbocycles. The first kappa shape index (κ1) is 13.3. The van der Waals surface area contributed by atoms with Crippen LogP contribution in [0, 0.1) is 12.7 Å². The highest BCUT2D eigenvalue weighted by Gasteiger charge is 2.15. The lowest BCUT2D eigenvalue weighted by Crippen LogP contribution is -1.94. The van der Waals surface area contributed by atoms with E-state index in [4.69, 9.17) is 4.52 Å². The molecule has 21 heavy (non-hydrogen) atoms. The number of nitrogens with zero attached hydrogens (tertiary/aromatic N) is 2. The van der Waals surface area contributed by atoms with E-state index in [1.54, 1.807) is 43.3 Å². The Morgan fingerprint density at radius 2 is 1.95 bits per heavy atom. The summed E-state index contributed by atoms with van der Waals surface area (Å²) in [7, 11) is 0. The Morgan fingerprint density at radius 3 is 2.76 bits per heavy atom. The van der Waals surface area contributed by atoms with Gasteiger partial charge in [-0.1, -0.05) is 35.5 Å². The van der Waals surface area contributed by atoms with E-state index in [0.29, 0.717) is 17.0 Å². The summed E-state index contributed by atoms with van der Waals surface area (Å²) in [5, 5.41) is 13.8. The second kappa shape index (κ2) is 5.36. The number of rotatable bonds is 3. The second-order valence-corrected chi connectivity index (χ2v) is 4.76. The van der Waals surface area contributed by atoms with Gasteiger partial charge in [0.2, 0.25) is 0 Å². The lowest BCUT2D eigenvalue weighted by atomic mass is 10.1. The largest absolute Gasteiger partial charge is 0.507 e. The smallest absolute Gasteiger partial charge is 0.261 e. The number of aromatic nitrogens is 2. The highest BCUT2D eigenvalue weighted by molar-refractivity contribution is 5.64. The van der Waals surface area contributed by atoms with E-state index >= 15 is 0 Å². The van der Waals surface area contributed by atoms with Crippen molar-refractivity contribution < 1.29 is 14.0 Å². The SMILES string of the molecule is Cc1cccc(-c2nc(Cc3ccccc3F)no2)c1O. The third kappa shape index (κ3) is 2.63. The fourth-order valence-electron chi connectivity index (χ4n) is 2.08. The lowest BCUT2D eigenvalue weighted by Gasteiger charge is -2.01. The molecule has 0 saturated heterocycles. The number of phenolic OH excluding ortho intramolecular Hbond substituents is 1. The minimum Gasteiger partial charge on any atom is -0.507 e. The molecule has 0 radical (unpaired) electrons. The van der Waals surface area contributed by atoms with E-state index in [1.165, 1.54) is 6.07 Å². The number of aryl methyl sites for hydroxylation is 1. The summed E-state index contributed by atoms with van der Waals surface area (Å²) in [5.41, 5.74) is 1.70. The Morgan fingerprint density at radius 1 is 1.14 bits per heavy atom. The fourth-order valence-corrected chi connectivity index (χ4v) is 2.08. The molecule has 3 rings (SSSR count). The number of hydrogen-bond acceptors (Lipinski definition) is 4. The molecule has 4 nitrogen and oxygen atoms in total. The molecule has 1 N–H and O–H groups in total. The lowest BCUT2D eigenvalue weighted by molar-refractivity contribution is 0.418. The number of para-hydroxylation sites is 1. The maximum absolute atomic E-state index is 13.6. The highest BCUT2D eigenvalue weighted by atomic mass is 19.1. The monoisotopic (exact) mass is 284 g/mol. The predicted molar refractivity (Wildman–Crippen MR) is 75.3 cm³/mol. The fraction of sp³-hybridized carbons (Fsp3) is 0.125. The Bertz CT molecular complexity index is 783. The van der Waals surface area contributed by atoms with Gasteiger partial charge < -0.3 is 9.63 Å². The Labute approximate surface area is 120 Å².